The van der Waals surface area contributed by atoms with E-state index in [1.54, 1.807) is 6.07 Å². The number of fused-ring (bicyclic) bond motifs is 1. The highest BCUT2D eigenvalue weighted by Gasteiger charge is 2.14. The number of amides is 3. The molecule has 2 heterocycles. The van der Waals surface area contributed by atoms with Gasteiger partial charge in [0.25, 0.3) is 5.91 Å². The van der Waals surface area contributed by atoms with E-state index in [0.29, 0.717) is 6.54 Å². The molecule has 3 aromatic rings. The largest absolute Gasteiger partial charge is 0.451 e. The maximum atomic E-state index is 12.0. The first kappa shape index (κ1) is 16.7. The first-order valence-electron chi connectivity index (χ1n) is 7.47. The monoisotopic (exact) mass is 357 g/mol. The third-order valence-corrected chi connectivity index (χ3v) is 4.22. The van der Waals surface area contributed by atoms with Crippen molar-refractivity contribution in [1.82, 2.24) is 15.6 Å². The van der Waals surface area contributed by atoms with Crippen LogP contribution in [0.15, 0.2) is 47.8 Å². The van der Waals surface area contributed by atoms with Crippen LogP contribution >= 0.6 is 11.3 Å². The zero-order valence-corrected chi connectivity index (χ0v) is 13.9. The van der Waals surface area contributed by atoms with Gasteiger partial charge in [0.05, 0.1) is 6.54 Å². The number of ether oxygens (including phenoxy) is 1. The van der Waals surface area contributed by atoms with Crippen molar-refractivity contribution in [3.8, 4) is 0 Å². The van der Waals surface area contributed by atoms with Crippen LogP contribution in [0.4, 0.5) is 4.79 Å². The molecular formula is C17H15N3O4S. The van der Waals surface area contributed by atoms with Crippen molar-refractivity contribution in [2.45, 2.75) is 6.54 Å². The number of benzene rings is 1. The van der Waals surface area contributed by atoms with Crippen LogP contribution in [0.1, 0.15) is 15.4 Å². The molecule has 128 valence electrons. The summed E-state index contributed by atoms with van der Waals surface area (Å²) in [6, 6.07) is 12.1. The number of para-hydroxylation sites is 1. The molecule has 0 aliphatic heterocycles. The zero-order valence-electron chi connectivity index (χ0n) is 13.1. The topological polar surface area (TPSA) is 100 Å². The Morgan fingerprint density at radius 2 is 1.96 bits per heavy atom. The van der Waals surface area contributed by atoms with Gasteiger partial charge in [0.15, 0.2) is 6.61 Å². The summed E-state index contributed by atoms with van der Waals surface area (Å²) < 4.78 is 4.91. The second-order valence-corrected chi connectivity index (χ2v) is 6.19. The predicted molar refractivity (Wildman–Crippen MR) is 93.3 cm³/mol. The Kier molecular flexibility index (Phi) is 5.10. The minimum absolute atomic E-state index is 0.246. The number of rotatable bonds is 5. The van der Waals surface area contributed by atoms with Crippen LogP contribution in [0.25, 0.3) is 10.9 Å². The number of nitrogens with one attached hydrogen (secondary N) is 3. The fraction of sp³-hybridized carbons (Fsp3) is 0.118. The quantitative estimate of drug-likeness (QED) is 0.611. The average Bonchev–Trinajstić information content (AvgIpc) is 3.26. The van der Waals surface area contributed by atoms with Gasteiger partial charge in [-0.25, -0.2) is 9.59 Å². The van der Waals surface area contributed by atoms with Crippen LogP contribution in [-0.2, 0) is 16.1 Å². The van der Waals surface area contributed by atoms with E-state index < -0.39 is 24.5 Å². The van der Waals surface area contributed by atoms with Gasteiger partial charge in [-0.1, -0.05) is 24.3 Å². The summed E-state index contributed by atoms with van der Waals surface area (Å²) in [6.45, 7) is -0.216. The van der Waals surface area contributed by atoms with Crippen molar-refractivity contribution in [1.29, 1.82) is 0 Å². The van der Waals surface area contributed by atoms with Crippen molar-refractivity contribution >= 4 is 40.1 Å². The molecule has 0 aliphatic carbocycles. The lowest BCUT2D eigenvalue weighted by Gasteiger charge is -2.06. The van der Waals surface area contributed by atoms with Crippen molar-refractivity contribution in [2.24, 2.45) is 0 Å². The molecule has 3 N–H and O–H groups in total. The minimum atomic E-state index is -0.701. The van der Waals surface area contributed by atoms with E-state index in [1.807, 2.05) is 41.8 Å². The lowest BCUT2D eigenvalue weighted by molar-refractivity contribution is -0.123. The summed E-state index contributed by atoms with van der Waals surface area (Å²) >= 11 is 1.50. The number of H-pyrrole nitrogens is 1. The standard InChI is InChI=1S/C17H15N3O4S/c21-15(20-17(23)18-9-12-5-3-7-25-12)10-24-16(22)14-8-11-4-1-2-6-13(11)19-14/h1-8,19H,9-10H2,(H2,18,20,21,23). The van der Waals surface area contributed by atoms with Gasteiger partial charge < -0.3 is 15.0 Å². The Bertz CT molecular complexity index is 869. The SMILES string of the molecule is O=C(COC(=O)c1cc2ccccc2[nH]1)NC(=O)NCc1cccs1. The van der Waals surface area contributed by atoms with Gasteiger partial charge in [-0.15, -0.1) is 11.3 Å². The Hall–Kier alpha value is -3.13. The number of hydrogen-bond acceptors (Lipinski definition) is 5. The number of urea groups is 1. The second-order valence-electron chi connectivity index (χ2n) is 5.16. The molecule has 2 aromatic heterocycles. The molecule has 1 aromatic carbocycles. The van der Waals surface area contributed by atoms with Gasteiger partial charge in [-0.05, 0) is 23.6 Å². The van der Waals surface area contributed by atoms with Crippen LogP contribution < -0.4 is 10.6 Å². The maximum Gasteiger partial charge on any atom is 0.355 e. The number of imide groups is 1. The summed E-state index contributed by atoms with van der Waals surface area (Å²) in [4.78, 5) is 39.1. The summed E-state index contributed by atoms with van der Waals surface area (Å²) in [5.41, 5.74) is 1.04. The van der Waals surface area contributed by atoms with E-state index in [1.165, 1.54) is 11.3 Å². The predicted octanol–water partition coefficient (Wildman–Crippen LogP) is 2.41. The Morgan fingerprint density at radius 1 is 1.12 bits per heavy atom. The van der Waals surface area contributed by atoms with E-state index in [4.69, 9.17) is 4.74 Å². The van der Waals surface area contributed by atoms with Gasteiger partial charge in [0, 0.05) is 15.8 Å². The fourth-order valence-electron chi connectivity index (χ4n) is 2.18. The maximum absolute atomic E-state index is 12.0. The number of carbonyl (C=O) groups is 3. The van der Waals surface area contributed by atoms with Gasteiger partial charge in [-0.2, -0.15) is 0 Å². The molecule has 0 radical (unpaired) electrons. The molecule has 0 spiro atoms. The van der Waals surface area contributed by atoms with Crippen LogP contribution in [0, 0.1) is 0 Å². The Balaban J connectivity index is 1.44. The smallest absolute Gasteiger partial charge is 0.355 e. The molecule has 8 heteroatoms. The van der Waals surface area contributed by atoms with Crippen LogP contribution in [-0.4, -0.2) is 29.5 Å². The third-order valence-electron chi connectivity index (χ3n) is 3.34. The number of aromatic nitrogens is 1. The second kappa shape index (κ2) is 7.63. The number of hydrogen-bond donors (Lipinski definition) is 3. The first-order valence-corrected chi connectivity index (χ1v) is 8.35. The fourth-order valence-corrected chi connectivity index (χ4v) is 2.82. The van der Waals surface area contributed by atoms with Gasteiger partial charge in [0.1, 0.15) is 5.69 Å². The molecule has 7 nitrogen and oxygen atoms in total. The van der Waals surface area contributed by atoms with Crippen molar-refractivity contribution < 1.29 is 19.1 Å². The lowest BCUT2D eigenvalue weighted by atomic mass is 10.2. The molecule has 3 amide bonds. The van der Waals surface area contributed by atoms with Crippen molar-refractivity contribution in [3.63, 3.8) is 0 Å². The normalized spacial score (nSPS) is 10.4. The molecular weight excluding hydrogens is 342 g/mol. The van der Waals surface area contributed by atoms with E-state index in [2.05, 4.69) is 15.6 Å². The van der Waals surface area contributed by atoms with Crippen LogP contribution in [0.2, 0.25) is 0 Å². The summed E-state index contributed by atoms with van der Waals surface area (Å²) in [6.07, 6.45) is 0. The highest BCUT2D eigenvalue weighted by molar-refractivity contribution is 7.09. The van der Waals surface area contributed by atoms with Gasteiger partial charge >= 0.3 is 12.0 Å². The van der Waals surface area contributed by atoms with E-state index in [-0.39, 0.29) is 5.69 Å². The lowest BCUT2D eigenvalue weighted by Crippen LogP contribution is -2.41. The highest BCUT2D eigenvalue weighted by atomic mass is 32.1. The van der Waals surface area contributed by atoms with E-state index in [9.17, 15) is 14.4 Å². The third kappa shape index (κ3) is 4.45. The number of aromatic amines is 1. The first-order chi connectivity index (χ1) is 12.1. The molecule has 0 saturated heterocycles. The Morgan fingerprint density at radius 3 is 2.72 bits per heavy atom. The summed E-state index contributed by atoms with van der Waals surface area (Å²) in [5, 5.41) is 7.41. The highest BCUT2D eigenvalue weighted by Crippen LogP contribution is 2.15. The van der Waals surface area contributed by atoms with Crippen LogP contribution in [0.5, 0.6) is 0 Å². The number of thiophene rings is 1. The molecule has 3 rings (SSSR count). The number of carbonyl (C=O) groups excluding carboxylic acids is 3. The van der Waals surface area contributed by atoms with Crippen LogP contribution in [0.3, 0.4) is 0 Å². The molecule has 25 heavy (non-hydrogen) atoms. The Labute approximate surface area is 147 Å². The molecule has 0 unspecified atom stereocenters. The molecule has 0 fully saturated rings. The molecule has 0 aliphatic rings. The minimum Gasteiger partial charge on any atom is -0.451 e. The zero-order chi connectivity index (χ0) is 17.6. The van der Waals surface area contributed by atoms with Gasteiger partial charge in [-0.3, -0.25) is 10.1 Å². The number of esters is 1. The molecule has 0 saturated carbocycles. The van der Waals surface area contributed by atoms with Crippen molar-refractivity contribution in [3.05, 3.63) is 58.4 Å². The van der Waals surface area contributed by atoms with Crippen molar-refractivity contribution in [2.75, 3.05) is 6.61 Å². The average molecular weight is 357 g/mol. The van der Waals surface area contributed by atoms with Gasteiger partial charge in [0.2, 0.25) is 0 Å². The summed E-state index contributed by atoms with van der Waals surface area (Å²) in [5.74, 6) is -1.36. The molecule has 0 atom stereocenters. The van der Waals surface area contributed by atoms with E-state index in [0.717, 1.165) is 15.8 Å². The summed E-state index contributed by atoms with van der Waals surface area (Å²) in [7, 11) is 0. The molecule has 0 bridgehead atoms. The van der Waals surface area contributed by atoms with E-state index >= 15 is 0 Å².